The van der Waals surface area contributed by atoms with Gasteiger partial charge in [-0.3, -0.25) is 4.72 Å². The van der Waals surface area contributed by atoms with E-state index in [0.29, 0.717) is 11.4 Å². The van der Waals surface area contributed by atoms with Gasteiger partial charge in [0.1, 0.15) is 5.75 Å². The minimum absolute atomic E-state index is 0.173. The topological polar surface area (TPSA) is 67.4 Å². The number of methoxy groups -OCH3 is 1. The molecule has 0 atom stereocenters. The van der Waals surface area contributed by atoms with Crippen LogP contribution in [-0.4, -0.2) is 34.4 Å². The summed E-state index contributed by atoms with van der Waals surface area (Å²) < 4.78 is 32.1. The van der Waals surface area contributed by atoms with Gasteiger partial charge in [-0.15, -0.1) is 0 Å². The average Bonchev–Trinajstić information content (AvgIpc) is 2.39. The van der Waals surface area contributed by atoms with E-state index in [1.807, 2.05) is 6.07 Å². The first-order valence-corrected chi connectivity index (χ1v) is 8.10. The molecular formula is C13H20N2O3S. The highest BCUT2D eigenvalue weighted by Gasteiger charge is 2.21. The van der Waals surface area contributed by atoms with E-state index in [2.05, 4.69) is 10.0 Å². The highest BCUT2D eigenvalue weighted by molar-refractivity contribution is 7.92. The van der Waals surface area contributed by atoms with Crippen molar-refractivity contribution in [2.45, 2.75) is 12.8 Å². The van der Waals surface area contributed by atoms with Crippen LogP contribution in [0.3, 0.4) is 0 Å². The highest BCUT2D eigenvalue weighted by Crippen LogP contribution is 2.25. The molecule has 1 aliphatic rings. The van der Waals surface area contributed by atoms with E-state index in [1.165, 1.54) is 7.11 Å². The third kappa shape index (κ3) is 4.11. The Balaban J connectivity index is 2.03. The van der Waals surface area contributed by atoms with Gasteiger partial charge >= 0.3 is 0 Å². The van der Waals surface area contributed by atoms with Crippen LogP contribution < -0.4 is 14.8 Å². The summed E-state index contributed by atoms with van der Waals surface area (Å²) in [5.74, 6) is 0.942. The van der Waals surface area contributed by atoms with Crippen LogP contribution in [0.5, 0.6) is 5.75 Å². The summed E-state index contributed by atoms with van der Waals surface area (Å²) in [6, 6.07) is 7.04. The number of rotatable bonds is 5. The number of anilines is 1. The van der Waals surface area contributed by atoms with Crippen molar-refractivity contribution >= 4 is 15.7 Å². The molecule has 0 amide bonds. The van der Waals surface area contributed by atoms with Gasteiger partial charge in [0.15, 0.2) is 0 Å². The van der Waals surface area contributed by atoms with Crippen LogP contribution in [0.25, 0.3) is 0 Å². The summed E-state index contributed by atoms with van der Waals surface area (Å²) in [4.78, 5) is 0. The molecule has 1 saturated heterocycles. The molecule has 1 fully saturated rings. The Labute approximate surface area is 114 Å². The van der Waals surface area contributed by atoms with Crippen LogP contribution in [0, 0.1) is 5.92 Å². The number of hydrogen-bond donors (Lipinski definition) is 2. The molecule has 0 spiro atoms. The third-order valence-corrected chi connectivity index (χ3v) is 4.73. The average molecular weight is 284 g/mol. The van der Waals surface area contributed by atoms with Gasteiger partial charge in [0.25, 0.3) is 0 Å². The van der Waals surface area contributed by atoms with Crippen molar-refractivity contribution < 1.29 is 13.2 Å². The quantitative estimate of drug-likeness (QED) is 0.858. The Hall–Kier alpha value is -1.27. The molecule has 5 nitrogen and oxygen atoms in total. The van der Waals surface area contributed by atoms with Gasteiger partial charge in [0.2, 0.25) is 10.0 Å². The smallest absolute Gasteiger partial charge is 0.233 e. The molecule has 6 heteroatoms. The SMILES string of the molecule is COc1ccccc1NS(=O)(=O)CC1CCNCC1. The van der Waals surface area contributed by atoms with Crippen LogP contribution in [0.4, 0.5) is 5.69 Å². The van der Waals surface area contributed by atoms with Crippen molar-refractivity contribution in [3.8, 4) is 5.75 Å². The van der Waals surface area contributed by atoms with E-state index < -0.39 is 10.0 Å². The zero-order valence-electron chi connectivity index (χ0n) is 11.1. The minimum Gasteiger partial charge on any atom is -0.495 e. The fourth-order valence-electron chi connectivity index (χ4n) is 2.30. The Morgan fingerprint density at radius 1 is 1.32 bits per heavy atom. The van der Waals surface area contributed by atoms with Crippen LogP contribution in [0.15, 0.2) is 24.3 Å². The van der Waals surface area contributed by atoms with E-state index in [1.54, 1.807) is 18.2 Å². The second kappa shape index (κ2) is 6.25. The molecule has 2 N–H and O–H groups in total. The van der Waals surface area contributed by atoms with Crippen molar-refractivity contribution in [3.05, 3.63) is 24.3 Å². The van der Waals surface area contributed by atoms with Crippen LogP contribution in [-0.2, 0) is 10.0 Å². The first-order valence-electron chi connectivity index (χ1n) is 6.45. The summed E-state index contributed by atoms with van der Waals surface area (Å²) in [7, 11) is -1.80. The molecule has 1 aliphatic heterocycles. The molecule has 1 aromatic rings. The largest absolute Gasteiger partial charge is 0.495 e. The number of nitrogens with one attached hydrogen (secondary N) is 2. The molecule has 2 rings (SSSR count). The van der Waals surface area contributed by atoms with Gasteiger partial charge < -0.3 is 10.1 Å². The zero-order chi connectivity index (χ0) is 13.7. The standard InChI is InChI=1S/C13H20N2O3S/c1-18-13-5-3-2-4-12(13)15-19(16,17)10-11-6-8-14-9-7-11/h2-5,11,14-15H,6-10H2,1H3. The number of benzene rings is 1. The number of hydrogen-bond acceptors (Lipinski definition) is 4. The van der Waals surface area contributed by atoms with Crippen molar-refractivity contribution in [1.82, 2.24) is 5.32 Å². The summed E-state index contributed by atoms with van der Waals surface area (Å²) in [6.07, 6.45) is 1.82. The molecule has 19 heavy (non-hydrogen) atoms. The summed E-state index contributed by atoms with van der Waals surface area (Å²) in [6.45, 7) is 1.80. The lowest BCUT2D eigenvalue weighted by molar-refractivity contribution is 0.401. The van der Waals surface area contributed by atoms with Gasteiger partial charge in [0, 0.05) is 0 Å². The van der Waals surface area contributed by atoms with Crippen LogP contribution in [0.1, 0.15) is 12.8 Å². The molecular weight excluding hydrogens is 264 g/mol. The fraction of sp³-hybridized carbons (Fsp3) is 0.538. The number of para-hydroxylation sites is 2. The second-order valence-corrected chi connectivity index (χ2v) is 6.54. The normalized spacial score (nSPS) is 17.1. The molecule has 0 saturated carbocycles. The van der Waals surface area contributed by atoms with Gasteiger partial charge in [-0.25, -0.2) is 8.42 Å². The first kappa shape index (κ1) is 14.1. The van der Waals surface area contributed by atoms with Crippen LogP contribution in [0.2, 0.25) is 0 Å². The van der Waals surface area contributed by atoms with Gasteiger partial charge in [-0.1, -0.05) is 12.1 Å². The van der Waals surface area contributed by atoms with Crippen molar-refractivity contribution in [2.75, 3.05) is 30.7 Å². The van der Waals surface area contributed by atoms with Crippen LogP contribution >= 0.6 is 0 Å². The van der Waals surface area contributed by atoms with Gasteiger partial charge in [-0.2, -0.15) is 0 Å². The molecule has 0 aromatic heterocycles. The van der Waals surface area contributed by atoms with Gasteiger partial charge in [0.05, 0.1) is 18.6 Å². The van der Waals surface area contributed by atoms with Crippen molar-refractivity contribution in [2.24, 2.45) is 5.92 Å². The Morgan fingerprint density at radius 2 is 2.00 bits per heavy atom. The van der Waals surface area contributed by atoms with E-state index in [4.69, 9.17) is 4.74 Å². The first-order chi connectivity index (χ1) is 9.11. The molecule has 0 aliphatic carbocycles. The third-order valence-electron chi connectivity index (χ3n) is 3.29. The number of piperidine rings is 1. The maximum atomic E-state index is 12.1. The summed E-state index contributed by atoms with van der Waals surface area (Å²) in [5.41, 5.74) is 0.499. The predicted octanol–water partition coefficient (Wildman–Crippen LogP) is 1.44. The molecule has 0 unspecified atom stereocenters. The molecule has 1 aromatic carbocycles. The molecule has 1 heterocycles. The van der Waals surface area contributed by atoms with E-state index in [-0.39, 0.29) is 11.7 Å². The maximum Gasteiger partial charge on any atom is 0.233 e. The molecule has 106 valence electrons. The fourth-order valence-corrected chi connectivity index (χ4v) is 3.84. The lowest BCUT2D eigenvalue weighted by Gasteiger charge is -2.22. The van der Waals surface area contributed by atoms with E-state index >= 15 is 0 Å². The van der Waals surface area contributed by atoms with E-state index in [9.17, 15) is 8.42 Å². The van der Waals surface area contributed by atoms with Crippen molar-refractivity contribution in [3.63, 3.8) is 0 Å². The summed E-state index contributed by atoms with van der Waals surface area (Å²) in [5, 5.41) is 3.23. The monoisotopic (exact) mass is 284 g/mol. The maximum absolute atomic E-state index is 12.1. The Bertz CT molecular complexity index is 510. The lowest BCUT2D eigenvalue weighted by Crippen LogP contribution is -2.33. The predicted molar refractivity (Wildman–Crippen MR) is 76.0 cm³/mol. The minimum atomic E-state index is -3.32. The molecule has 0 bridgehead atoms. The van der Waals surface area contributed by atoms with Gasteiger partial charge in [-0.05, 0) is 44.0 Å². The summed E-state index contributed by atoms with van der Waals surface area (Å²) >= 11 is 0. The van der Waals surface area contributed by atoms with Crippen molar-refractivity contribution in [1.29, 1.82) is 0 Å². The second-order valence-electron chi connectivity index (χ2n) is 4.78. The molecule has 0 radical (unpaired) electrons. The highest BCUT2D eigenvalue weighted by atomic mass is 32.2. The number of ether oxygens (including phenoxy) is 1. The number of sulfonamides is 1. The van der Waals surface area contributed by atoms with E-state index in [0.717, 1.165) is 25.9 Å². The lowest BCUT2D eigenvalue weighted by atomic mass is 10.0. The zero-order valence-corrected chi connectivity index (χ0v) is 11.9. The Morgan fingerprint density at radius 3 is 2.68 bits per heavy atom. The Kier molecular flexibility index (Phi) is 4.66.